The summed E-state index contributed by atoms with van der Waals surface area (Å²) in [4.78, 5) is 26.1. The van der Waals surface area contributed by atoms with Gasteiger partial charge in [-0.3, -0.25) is 9.59 Å². The van der Waals surface area contributed by atoms with Crippen molar-refractivity contribution < 1.29 is 14.3 Å². The molecule has 31 heavy (non-hydrogen) atoms. The van der Waals surface area contributed by atoms with Crippen molar-refractivity contribution in [3.8, 4) is 17.2 Å². The summed E-state index contributed by atoms with van der Waals surface area (Å²) in [5.74, 6) is 0.964. The van der Waals surface area contributed by atoms with Gasteiger partial charge >= 0.3 is 0 Å². The molecule has 0 unspecified atom stereocenters. The van der Waals surface area contributed by atoms with Gasteiger partial charge in [0.15, 0.2) is 5.69 Å². The second-order valence-electron chi connectivity index (χ2n) is 6.72. The lowest BCUT2D eigenvalue weighted by Crippen LogP contribution is -2.26. The molecule has 0 bridgehead atoms. The summed E-state index contributed by atoms with van der Waals surface area (Å²) in [6, 6.07) is 20.9. The Morgan fingerprint density at radius 2 is 1.58 bits per heavy atom. The van der Waals surface area contributed by atoms with Gasteiger partial charge in [-0.15, -0.1) is 0 Å². The summed E-state index contributed by atoms with van der Waals surface area (Å²) in [5.41, 5.74) is 0.978. The summed E-state index contributed by atoms with van der Waals surface area (Å²) in [6.45, 7) is 2.47. The number of carbonyl (C=O) groups excluding carboxylic acids is 1. The molecule has 0 saturated carbocycles. The number of nitrogens with one attached hydrogen (secondary N) is 1. The number of nitrogens with zero attached hydrogens (tertiary/aromatic N) is 2. The van der Waals surface area contributed by atoms with Crippen LogP contribution < -0.4 is 20.3 Å². The molecule has 0 fully saturated rings. The van der Waals surface area contributed by atoms with Crippen LogP contribution in [0.4, 0.5) is 5.69 Å². The fourth-order valence-corrected chi connectivity index (χ4v) is 3.25. The van der Waals surface area contributed by atoms with Crippen LogP contribution in [0.25, 0.3) is 16.5 Å². The van der Waals surface area contributed by atoms with Crippen LogP contribution in [0.5, 0.6) is 11.5 Å². The number of rotatable bonds is 6. The van der Waals surface area contributed by atoms with Crippen LogP contribution in [0.3, 0.4) is 0 Å². The van der Waals surface area contributed by atoms with Crippen molar-refractivity contribution in [1.29, 1.82) is 0 Å². The van der Waals surface area contributed by atoms with Crippen molar-refractivity contribution in [2.24, 2.45) is 0 Å². The molecular weight excluding hydrogens is 394 g/mol. The van der Waals surface area contributed by atoms with Gasteiger partial charge in [-0.25, -0.2) is 0 Å². The van der Waals surface area contributed by atoms with E-state index in [9.17, 15) is 9.59 Å². The molecule has 0 saturated heterocycles. The van der Waals surface area contributed by atoms with Gasteiger partial charge in [-0.2, -0.15) is 9.78 Å². The minimum Gasteiger partial charge on any atom is -0.497 e. The lowest BCUT2D eigenvalue weighted by Gasteiger charge is -2.12. The molecule has 156 valence electrons. The number of benzene rings is 3. The normalized spacial score (nSPS) is 10.6. The second kappa shape index (κ2) is 8.71. The topological polar surface area (TPSA) is 82.4 Å². The largest absolute Gasteiger partial charge is 0.497 e. The first-order valence-corrected chi connectivity index (χ1v) is 9.81. The average molecular weight is 415 g/mol. The Labute approximate surface area is 178 Å². The Morgan fingerprint density at radius 3 is 2.23 bits per heavy atom. The number of hydrogen-bond acceptors (Lipinski definition) is 5. The summed E-state index contributed by atoms with van der Waals surface area (Å²) in [6.07, 6.45) is 0. The third-order valence-corrected chi connectivity index (χ3v) is 4.76. The molecular formula is C24H21N3O4. The van der Waals surface area contributed by atoms with Crippen LogP contribution in [0.1, 0.15) is 17.4 Å². The van der Waals surface area contributed by atoms with E-state index < -0.39 is 5.91 Å². The number of methoxy groups -OCH3 is 1. The predicted molar refractivity (Wildman–Crippen MR) is 119 cm³/mol. The van der Waals surface area contributed by atoms with Crippen LogP contribution in [-0.4, -0.2) is 29.4 Å². The van der Waals surface area contributed by atoms with E-state index in [1.54, 1.807) is 79.9 Å². The van der Waals surface area contributed by atoms with Crippen LogP contribution >= 0.6 is 0 Å². The zero-order valence-electron chi connectivity index (χ0n) is 17.2. The van der Waals surface area contributed by atoms with Gasteiger partial charge in [0, 0.05) is 11.1 Å². The molecule has 3 aromatic carbocycles. The van der Waals surface area contributed by atoms with E-state index in [1.165, 1.54) is 4.68 Å². The first-order chi connectivity index (χ1) is 15.1. The Balaban J connectivity index is 1.76. The summed E-state index contributed by atoms with van der Waals surface area (Å²) in [7, 11) is 1.57. The molecule has 1 aromatic heterocycles. The Bertz CT molecular complexity index is 1280. The first-order valence-electron chi connectivity index (χ1n) is 9.81. The quantitative estimate of drug-likeness (QED) is 0.514. The number of amides is 1. The SMILES string of the molecule is CCOc1ccc(NC(=O)c2nn(-c3ccc(OC)cc3)c(=O)c3ccccc23)cc1. The third kappa shape index (κ3) is 4.11. The number of ether oxygens (including phenoxy) is 2. The minimum absolute atomic E-state index is 0.153. The highest BCUT2D eigenvalue weighted by atomic mass is 16.5. The van der Waals surface area contributed by atoms with Gasteiger partial charge in [0.25, 0.3) is 11.5 Å². The highest BCUT2D eigenvalue weighted by Gasteiger charge is 2.18. The van der Waals surface area contributed by atoms with Crippen LogP contribution in [-0.2, 0) is 0 Å². The maximum absolute atomic E-state index is 13.1. The molecule has 7 heteroatoms. The van der Waals surface area contributed by atoms with Crippen LogP contribution in [0, 0.1) is 0 Å². The molecule has 0 aliphatic rings. The zero-order valence-corrected chi connectivity index (χ0v) is 17.2. The second-order valence-corrected chi connectivity index (χ2v) is 6.72. The maximum atomic E-state index is 13.1. The number of aromatic nitrogens is 2. The monoisotopic (exact) mass is 415 g/mol. The molecule has 0 atom stereocenters. The van der Waals surface area contributed by atoms with Gasteiger partial charge < -0.3 is 14.8 Å². The number of anilines is 1. The predicted octanol–water partition coefficient (Wildman–Crippen LogP) is 4.05. The smallest absolute Gasteiger partial charge is 0.279 e. The lowest BCUT2D eigenvalue weighted by molar-refractivity contribution is 0.102. The molecule has 4 rings (SSSR count). The van der Waals surface area contributed by atoms with Gasteiger partial charge in [0.05, 0.1) is 24.8 Å². The Morgan fingerprint density at radius 1 is 0.935 bits per heavy atom. The van der Waals surface area contributed by atoms with Gasteiger partial charge in [0.2, 0.25) is 0 Å². The molecule has 0 radical (unpaired) electrons. The average Bonchev–Trinajstić information content (AvgIpc) is 2.81. The third-order valence-electron chi connectivity index (χ3n) is 4.76. The number of hydrogen-bond donors (Lipinski definition) is 1. The van der Waals surface area contributed by atoms with Gasteiger partial charge in [-0.05, 0) is 61.5 Å². The minimum atomic E-state index is -0.414. The Hall–Kier alpha value is -4.13. The Kier molecular flexibility index (Phi) is 5.66. The van der Waals surface area contributed by atoms with E-state index in [4.69, 9.17) is 9.47 Å². The highest BCUT2D eigenvalue weighted by molar-refractivity contribution is 6.11. The van der Waals surface area contributed by atoms with E-state index in [-0.39, 0.29) is 11.3 Å². The number of fused-ring (bicyclic) bond motifs is 1. The standard InChI is InChI=1S/C24H21N3O4/c1-3-31-19-12-8-16(9-13-19)25-23(28)22-20-6-4-5-7-21(20)24(29)27(26-22)17-10-14-18(30-2)15-11-17/h4-15H,3H2,1-2H3,(H,25,28). The van der Waals surface area contributed by atoms with E-state index >= 15 is 0 Å². The fraction of sp³-hybridized carbons (Fsp3) is 0.125. The molecule has 0 aliphatic heterocycles. The molecule has 7 nitrogen and oxygen atoms in total. The van der Waals surface area contributed by atoms with Crippen molar-refractivity contribution in [2.45, 2.75) is 6.92 Å². The zero-order chi connectivity index (χ0) is 21.8. The maximum Gasteiger partial charge on any atom is 0.279 e. The van der Waals surface area contributed by atoms with Crippen molar-refractivity contribution >= 4 is 22.4 Å². The van der Waals surface area contributed by atoms with Crippen LogP contribution in [0.2, 0.25) is 0 Å². The summed E-state index contributed by atoms with van der Waals surface area (Å²) >= 11 is 0. The molecule has 0 aliphatic carbocycles. The molecule has 4 aromatic rings. The van der Waals surface area contributed by atoms with Gasteiger partial charge in [0.1, 0.15) is 11.5 Å². The van der Waals surface area contributed by atoms with E-state index in [0.29, 0.717) is 34.5 Å². The van der Waals surface area contributed by atoms with Crippen molar-refractivity contribution in [2.75, 3.05) is 19.0 Å². The van der Waals surface area contributed by atoms with E-state index in [0.717, 1.165) is 5.75 Å². The first kappa shape index (κ1) is 20.2. The van der Waals surface area contributed by atoms with E-state index in [1.807, 2.05) is 6.92 Å². The van der Waals surface area contributed by atoms with Gasteiger partial charge in [-0.1, -0.05) is 18.2 Å². The van der Waals surface area contributed by atoms with E-state index in [2.05, 4.69) is 10.4 Å². The highest BCUT2D eigenvalue weighted by Crippen LogP contribution is 2.20. The molecule has 1 heterocycles. The fourth-order valence-electron chi connectivity index (χ4n) is 3.25. The van der Waals surface area contributed by atoms with Crippen molar-refractivity contribution in [3.05, 3.63) is 88.8 Å². The summed E-state index contributed by atoms with van der Waals surface area (Å²) < 4.78 is 11.8. The van der Waals surface area contributed by atoms with Crippen molar-refractivity contribution in [3.63, 3.8) is 0 Å². The molecule has 1 amide bonds. The number of carbonyl (C=O) groups is 1. The summed E-state index contributed by atoms with van der Waals surface area (Å²) in [5, 5.41) is 8.13. The molecule has 1 N–H and O–H groups in total. The molecule has 0 spiro atoms. The van der Waals surface area contributed by atoms with Crippen LogP contribution in [0.15, 0.2) is 77.6 Å². The lowest BCUT2D eigenvalue weighted by atomic mass is 10.1. The van der Waals surface area contributed by atoms with Crippen molar-refractivity contribution in [1.82, 2.24) is 9.78 Å².